The Labute approximate surface area is 207 Å². The van der Waals surface area contributed by atoms with Crippen LogP contribution in [0.2, 0.25) is 17.7 Å². The summed E-state index contributed by atoms with van der Waals surface area (Å²) in [6, 6.07) is 0. The molecule has 0 saturated carbocycles. The van der Waals surface area contributed by atoms with Crippen molar-refractivity contribution < 1.29 is 7.56 Å². The summed E-state index contributed by atoms with van der Waals surface area (Å²) < 4.78 is 26.8. The molecule has 0 aromatic rings. The van der Waals surface area contributed by atoms with E-state index in [1.807, 2.05) is 0 Å². The van der Waals surface area contributed by atoms with Gasteiger partial charge in [0.05, 0.1) is 0 Å². The molecular formula is C26H58O3Sn2. The molecule has 0 aliphatic heterocycles. The number of hydrogen-bond acceptors (Lipinski definition) is 3. The van der Waals surface area contributed by atoms with E-state index in [0.29, 0.717) is 0 Å². The molecule has 0 bridgehead atoms. The molecule has 0 radical (unpaired) electrons. The zero-order valence-electron chi connectivity index (χ0n) is 22.7. The van der Waals surface area contributed by atoms with Crippen LogP contribution in [-0.2, 0) is 7.56 Å². The Morgan fingerprint density at radius 1 is 0.516 bits per heavy atom. The van der Waals surface area contributed by atoms with Gasteiger partial charge in [0.1, 0.15) is 0 Å². The third kappa shape index (κ3) is 14.5. The Bertz CT molecular complexity index is 370. The summed E-state index contributed by atoms with van der Waals surface area (Å²) in [6.45, 7) is 18.4. The number of hydrogen-bond donors (Lipinski definition) is 0. The van der Waals surface area contributed by atoms with E-state index in [9.17, 15) is 0 Å². The summed E-state index contributed by atoms with van der Waals surface area (Å²) in [6.07, 6.45) is 15.3. The van der Waals surface area contributed by atoms with Crippen LogP contribution in [0.3, 0.4) is 0 Å². The molecule has 3 nitrogen and oxygen atoms in total. The second kappa shape index (κ2) is 19.7. The van der Waals surface area contributed by atoms with Gasteiger partial charge in [0.25, 0.3) is 0 Å². The molecule has 0 amide bonds. The summed E-state index contributed by atoms with van der Waals surface area (Å²) in [4.78, 5) is 0. The quantitative estimate of drug-likeness (QED) is 0.109. The molecule has 0 heterocycles. The van der Waals surface area contributed by atoms with Crippen molar-refractivity contribution in [2.24, 2.45) is 0 Å². The molecule has 31 heavy (non-hydrogen) atoms. The van der Waals surface area contributed by atoms with Gasteiger partial charge in [-0.1, -0.05) is 0 Å². The van der Waals surface area contributed by atoms with Crippen molar-refractivity contribution in [3.63, 3.8) is 0 Å². The molecule has 2 atom stereocenters. The fourth-order valence-electron chi connectivity index (χ4n) is 4.54. The van der Waals surface area contributed by atoms with Gasteiger partial charge >= 0.3 is 208 Å². The number of unbranched alkanes of at least 4 members (excludes halogenated alkanes) is 4. The zero-order valence-corrected chi connectivity index (χ0v) is 28.4. The Morgan fingerprint density at radius 2 is 0.871 bits per heavy atom. The molecule has 0 aromatic carbocycles. The average Bonchev–Trinajstić information content (AvgIpc) is 2.73. The maximum atomic E-state index is 7.64. The Kier molecular flexibility index (Phi) is 20.7. The average molecular weight is 656 g/mol. The monoisotopic (exact) mass is 658 g/mol. The standard InChI is InChI=1S/2C5H11O.4C4H9.O.2Sn/c2*1-3-4-5(2)6;4*1-3-4-2;;;/h2*5H,3-4H2,1-2H3;4*1,3-4H2,2H3;;;/q2*-1;;;;;;;+2. The van der Waals surface area contributed by atoms with Gasteiger partial charge in [0.2, 0.25) is 0 Å². The van der Waals surface area contributed by atoms with Gasteiger partial charge in [-0.25, -0.2) is 0 Å². The van der Waals surface area contributed by atoms with Crippen molar-refractivity contribution in [1.29, 1.82) is 0 Å². The first-order valence-electron chi connectivity index (χ1n) is 13.9. The first-order valence-corrected chi connectivity index (χ1v) is 26.6. The van der Waals surface area contributed by atoms with Gasteiger partial charge in [-0.2, -0.15) is 0 Å². The molecule has 5 heteroatoms. The van der Waals surface area contributed by atoms with E-state index in [0.717, 1.165) is 30.1 Å². The predicted octanol–water partition coefficient (Wildman–Crippen LogP) is 9.50. The molecule has 0 fully saturated rings. The van der Waals surface area contributed by atoms with Gasteiger partial charge in [-0.05, 0) is 0 Å². The van der Waals surface area contributed by atoms with E-state index >= 15 is 0 Å². The Balaban J connectivity index is 6.09. The minimum atomic E-state index is -3.67. The van der Waals surface area contributed by atoms with Crippen molar-refractivity contribution in [3.8, 4) is 0 Å². The fourth-order valence-corrected chi connectivity index (χ4v) is 48.1. The first-order chi connectivity index (χ1) is 14.9. The SMILES string of the molecule is CCC[CH2][Sn]([CH2]CCC)([CH2]CCC)[O][Sn]([CH2]CCC)([O]C(C)CCC)[O]C(C)CCC. The van der Waals surface area contributed by atoms with Crippen LogP contribution >= 0.6 is 0 Å². The van der Waals surface area contributed by atoms with E-state index in [1.54, 1.807) is 0 Å². The Hall–Kier alpha value is 1.48. The fraction of sp³-hybridized carbons (Fsp3) is 1.00. The van der Waals surface area contributed by atoms with E-state index in [1.165, 1.54) is 64.7 Å². The molecule has 0 aliphatic carbocycles. The van der Waals surface area contributed by atoms with Gasteiger partial charge in [0, 0.05) is 0 Å². The van der Waals surface area contributed by atoms with E-state index in [2.05, 4.69) is 55.4 Å². The van der Waals surface area contributed by atoms with E-state index < -0.39 is 38.4 Å². The van der Waals surface area contributed by atoms with Gasteiger partial charge in [-0.3, -0.25) is 0 Å². The van der Waals surface area contributed by atoms with Crippen molar-refractivity contribution >= 4 is 38.4 Å². The molecule has 188 valence electrons. The summed E-state index contributed by atoms with van der Waals surface area (Å²) in [5.74, 6) is 0. The maximum absolute atomic E-state index is 7.64. The van der Waals surface area contributed by atoms with Crippen LogP contribution in [0.5, 0.6) is 0 Å². The molecule has 0 N–H and O–H groups in total. The topological polar surface area (TPSA) is 27.7 Å². The molecule has 0 aromatic heterocycles. The zero-order chi connectivity index (χ0) is 23.6. The molecule has 0 rings (SSSR count). The van der Waals surface area contributed by atoms with Gasteiger partial charge in [0.15, 0.2) is 0 Å². The molecule has 0 spiro atoms. The van der Waals surface area contributed by atoms with Crippen LogP contribution in [0, 0.1) is 0 Å². The molecule has 0 saturated heterocycles. The molecule has 0 aliphatic rings. The Morgan fingerprint density at radius 3 is 1.19 bits per heavy atom. The molecule has 2 unspecified atom stereocenters. The van der Waals surface area contributed by atoms with Crippen LogP contribution in [0.1, 0.15) is 132 Å². The second-order valence-corrected chi connectivity index (χ2v) is 32.0. The van der Waals surface area contributed by atoms with Gasteiger partial charge < -0.3 is 0 Å². The van der Waals surface area contributed by atoms with Gasteiger partial charge in [-0.15, -0.1) is 0 Å². The van der Waals surface area contributed by atoms with Crippen LogP contribution in [-0.4, -0.2) is 50.6 Å². The third-order valence-corrected chi connectivity index (χ3v) is 40.6. The minimum absolute atomic E-state index is 0.263. The summed E-state index contributed by atoms with van der Waals surface area (Å²) in [7, 11) is 0. The third-order valence-electron chi connectivity index (χ3n) is 6.32. The predicted molar refractivity (Wildman–Crippen MR) is 142 cm³/mol. The molecular weight excluding hydrogens is 598 g/mol. The van der Waals surface area contributed by atoms with Crippen molar-refractivity contribution in [2.75, 3.05) is 0 Å². The van der Waals surface area contributed by atoms with Crippen molar-refractivity contribution in [2.45, 2.75) is 162 Å². The first kappa shape index (κ1) is 32.5. The number of rotatable bonds is 22. The van der Waals surface area contributed by atoms with Crippen molar-refractivity contribution in [3.05, 3.63) is 0 Å². The van der Waals surface area contributed by atoms with Crippen LogP contribution in [0.15, 0.2) is 0 Å². The normalized spacial score (nSPS) is 16.3. The summed E-state index contributed by atoms with van der Waals surface area (Å²) in [5.41, 5.74) is 0. The van der Waals surface area contributed by atoms with Crippen LogP contribution < -0.4 is 0 Å². The summed E-state index contributed by atoms with van der Waals surface area (Å²) in [5, 5.41) is 0. The summed E-state index contributed by atoms with van der Waals surface area (Å²) >= 11 is -6.49. The van der Waals surface area contributed by atoms with E-state index in [-0.39, 0.29) is 12.2 Å². The van der Waals surface area contributed by atoms with Crippen LogP contribution in [0.4, 0.5) is 0 Å². The van der Waals surface area contributed by atoms with Crippen LogP contribution in [0.25, 0.3) is 0 Å². The second-order valence-electron chi connectivity index (χ2n) is 9.82. The van der Waals surface area contributed by atoms with E-state index in [4.69, 9.17) is 7.56 Å². The van der Waals surface area contributed by atoms with Crippen molar-refractivity contribution in [1.82, 2.24) is 0 Å².